The molecule has 1 amide bonds. The second-order valence-electron chi connectivity index (χ2n) is 3.71. The Morgan fingerprint density at radius 2 is 1.61 bits per heavy atom. The van der Waals surface area contributed by atoms with E-state index in [4.69, 9.17) is 5.73 Å². The van der Waals surface area contributed by atoms with E-state index in [1.165, 1.54) is 24.3 Å². The topological polar surface area (TPSA) is 67.2 Å². The number of rotatable bonds is 3. The van der Waals surface area contributed by atoms with Gasteiger partial charge in [0.2, 0.25) is 0 Å². The zero-order valence-corrected chi connectivity index (χ0v) is 9.48. The average Bonchev–Trinajstić information content (AvgIpc) is 2.38. The number of nitrogen functional groups attached to an aromatic ring is 1. The Kier molecular flexibility index (Phi) is 3.43. The summed E-state index contributed by atoms with van der Waals surface area (Å²) < 4.78 is 12.7. The van der Waals surface area contributed by atoms with Gasteiger partial charge >= 0.3 is 0 Å². The molecule has 18 heavy (non-hydrogen) atoms. The quantitative estimate of drug-likeness (QED) is 0.573. The van der Waals surface area contributed by atoms with Gasteiger partial charge in [-0.3, -0.25) is 15.6 Å². The molecular weight excluding hydrogens is 233 g/mol. The first-order valence-corrected chi connectivity index (χ1v) is 5.32. The predicted octanol–water partition coefficient (Wildman–Crippen LogP) is 2.16. The highest BCUT2D eigenvalue weighted by Crippen LogP contribution is 2.09. The van der Waals surface area contributed by atoms with Gasteiger partial charge in [0.25, 0.3) is 5.91 Å². The Morgan fingerprint density at radius 1 is 1.00 bits per heavy atom. The van der Waals surface area contributed by atoms with E-state index in [-0.39, 0.29) is 11.7 Å². The van der Waals surface area contributed by atoms with E-state index < -0.39 is 0 Å². The van der Waals surface area contributed by atoms with Crippen molar-refractivity contribution in [2.24, 2.45) is 0 Å². The highest BCUT2D eigenvalue weighted by molar-refractivity contribution is 5.94. The summed E-state index contributed by atoms with van der Waals surface area (Å²) in [7, 11) is 0. The van der Waals surface area contributed by atoms with Gasteiger partial charge in [-0.1, -0.05) is 0 Å². The van der Waals surface area contributed by atoms with E-state index in [9.17, 15) is 9.18 Å². The van der Waals surface area contributed by atoms with E-state index in [1.54, 1.807) is 24.3 Å². The molecule has 2 aromatic carbocycles. The summed E-state index contributed by atoms with van der Waals surface area (Å²) in [6.45, 7) is 0. The van der Waals surface area contributed by atoms with Crippen molar-refractivity contribution in [2.75, 3.05) is 11.2 Å². The second-order valence-corrected chi connectivity index (χ2v) is 3.71. The number of halogens is 1. The standard InChI is InChI=1S/C13H12FN3O/c14-10-3-1-9(2-4-10)13(18)17-16-12-7-5-11(15)6-8-12/h1-8,16H,15H2,(H,17,18). The van der Waals surface area contributed by atoms with Gasteiger partial charge < -0.3 is 5.73 Å². The van der Waals surface area contributed by atoms with Crippen molar-refractivity contribution in [3.8, 4) is 0 Å². The van der Waals surface area contributed by atoms with Crippen LogP contribution in [0.1, 0.15) is 10.4 Å². The summed E-state index contributed by atoms with van der Waals surface area (Å²) >= 11 is 0. The Hall–Kier alpha value is -2.56. The first-order valence-electron chi connectivity index (χ1n) is 5.32. The normalized spacial score (nSPS) is 9.83. The molecule has 2 aromatic rings. The number of hydrogen-bond donors (Lipinski definition) is 3. The van der Waals surface area contributed by atoms with Crippen molar-refractivity contribution in [1.82, 2.24) is 5.43 Å². The fourth-order valence-electron chi connectivity index (χ4n) is 1.37. The van der Waals surface area contributed by atoms with Crippen LogP contribution in [0.3, 0.4) is 0 Å². The molecule has 0 heterocycles. The molecule has 0 aliphatic carbocycles. The largest absolute Gasteiger partial charge is 0.399 e. The number of amides is 1. The minimum atomic E-state index is -0.377. The molecule has 4 nitrogen and oxygen atoms in total. The van der Waals surface area contributed by atoms with Crippen molar-refractivity contribution >= 4 is 17.3 Å². The lowest BCUT2D eigenvalue weighted by molar-refractivity contribution is 0.0962. The lowest BCUT2D eigenvalue weighted by Gasteiger charge is -2.08. The third kappa shape index (κ3) is 2.98. The van der Waals surface area contributed by atoms with Crippen LogP contribution in [0, 0.1) is 5.82 Å². The monoisotopic (exact) mass is 245 g/mol. The summed E-state index contributed by atoms with van der Waals surface area (Å²) in [5.74, 6) is -0.718. The van der Waals surface area contributed by atoms with E-state index in [0.717, 1.165) is 0 Å². The van der Waals surface area contributed by atoms with Crippen LogP contribution in [0.2, 0.25) is 0 Å². The number of carbonyl (C=O) groups is 1. The van der Waals surface area contributed by atoms with Crippen LogP contribution < -0.4 is 16.6 Å². The molecule has 0 spiro atoms. The molecule has 0 aliphatic heterocycles. The molecular formula is C13H12FN3O. The van der Waals surface area contributed by atoms with Gasteiger partial charge in [0.1, 0.15) is 5.82 Å². The maximum Gasteiger partial charge on any atom is 0.269 e. The summed E-state index contributed by atoms with van der Waals surface area (Å²) in [5.41, 5.74) is 12.5. The number of benzene rings is 2. The number of anilines is 2. The van der Waals surface area contributed by atoms with Gasteiger partial charge in [0, 0.05) is 11.3 Å². The number of nitrogens with one attached hydrogen (secondary N) is 2. The van der Waals surface area contributed by atoms with Gasteiger partial charge in [-0.05, 0) is 48.5 Å². The van der Waals surface area contributed by atoms with Crippen LogP contribution in [0.4, 0.5) is 15.8 Å². The third-order valence-corrected chi connectivity index (χ3v) is 2.34. The molecule has 0 atom stereocenters. The molecule has 0 fully saturated rings. The maximum absolute atomic E-state index is 12.7. The molecule has 0 saturated heterocycles. The van der Waals surface area contributed by atoms with Crippen molar-refractivity contribution < 1.29 is 9.18 Å². The minimum Gasteiger partial charge on any atom is -0.399 e. The van der Waals surface area contributed by atoms with Gasteiger partial charge in [0.15, 0.2) is 0 Å². The summed E-state index contributed by atoms with van der Waals surface area (Å²) in [6.07, 6.45) is 0. The van der Waals surface area contributed by atoms with Crippen LogP contribution in [0.15, 0.2) is 48.5 Å². The first-order chi connectivity index (χ1) is 8.65. The van der Waals surface area contributed by atoms with Crippen molar-refractivity contribution in [3.63, 3.8) is 0 Å². The van der Waals surface area contributed by atoms with Crippen molar-refractivity contribution in [1.29, 1.82) is 0 Å². The van der Waals surface area contributed by atoms with Gasteiger partial charge in [-0.15, -0.1) is 0 Å². The summed E-state index contributed by atoms with van der Waals surface area (Å²) in [5, 5.41) is 0. The molecule has 2 rings (SSSR count). The molecule has 4 N–H and O–H groups in total. The lowest BCUT2D eigenvalue weighted by atomic mass is 10.2. The molecule has 5 heteroatoms. The lowest BCUT2D eigenvalue weighted by Crippen LogP contribution is -2.29. The van der Waals surface area contributed by atoms with Crippen LogP contribution >= 0.6 is 0 Å². The molecule has 0 aliphatic rings. The highest BCUT2D eigenvalue weighted by Gasteiger charge is 2.04. The van der Waals surface area contributed by atoms with Crippen molar-refractivity contribution in [3.05, 3.63) is 59.9 Å². The zero-order chi connectivity index (χ0) is 13.0. The Balaban J connectivity index is 1.96. The van der Waals surface area contributed by atoms with Crippen LogP contribution in [0.5, 0.6) is 0 Å². The molecule has 0 saturated carbocycles. The van der Waals surface area contributed by atoms with Gasteiger partial charge in [-0.25, -0.2) is 4.39 Å². The number of hydrogen-bond acceptors (Lipinski definition) is 3. The zero-order valence-electron chi connectivity index (χ0n) is 9.48. The molecule has 92 valence electrons. The molecule has 0 radical (unpaired) electrons. The van der Waals surface area contributed by atoms with E-state index in [0.29, 0.717) is 16.9 Å². The van der Waals surface area contributed by atoms with Crippen molar-refractivity contribution in [2.45, 2.75) is 0 Å². The highest BCUT2D eigenvalue weighted by atomic mass is 19.1. The third-order valence-electron chi connectivity index (χ3n) is 2.34. The van der Waals surface area contributed by atoms with E-state index in [2.05, 4.69) is 10.9 Å². The van der Waals surface area contributed by atoms with Gasteiger partial charge in [-0.2, -0.15) is 0 Å². The Bertz CT molecular complexity index is 537. The summed E-state index contributed by atoms with van der Waals surface area (Å²) in [4.78, 5) is 11.7. The number of hydrazine groups is 1. The van der Waals surface area contributed by atoms with Crippen LogP contribution in [0.25, 0.3) is 0 Å². The SMILES string of the molecule is Nc1ccc(NNC(=O)c2ccc(F)cc2)cc1. The molecule has 0 unspecified atom stereocenters. The fraction of sp³-hybridized carbons (Fsp3) is 0. The fourth-order valence-corrected chi connectivity index (χ4v) is 1.37. The van der Waals surface area contributed by atoms with E-state index in [1.807, 2.05) is 0 Å². The smallest absolute Gasteiger partial charge is 0.269 e. The van der Waals surface area contributed by atoms with Crippen LogP contribution in [-0.2, 0) is 0 Å². The average molecular weight is 245 g/mol. The maximum atomic E-state index is 12.7. The summed E-state index contributed by atoms with van der Waals surface area (Å²) in [6, 6.07) is 12.2. The predicted molar refractivity (Wildman–Crippen MR) is 68.3 cm³/mol. The van der Waals surface area contributed by atoms with E-state index >= 15 is 0 Å². The second kappa shape index (κ2) is 5.18. The Morgan fingerprint density at radius 3 is 2.22 bits per heavy atom. The molecule has 0 bridgehead atoms. The first kappa shape index (κ1) is 11.9. The minimum absolute atomic E-state index is 0.341. The van der Waals surface area contributed by atoms with Gasteiger partial charge in [0.05, 0.1) is 5.69 Å². The number of carbonyl (C=O) groups excluding carboxylic acids is 1. The molecule has 0 aromatic heterocycles. The number of nitrogens with two attached hydrogens (primary N) is 1. The Labute approximate surface area is 104 Å². The van der Waals surface area contributed by atoms with Crippen LogP contribution in [-0.4, -0.2) is 5.91 Å².